The molecule has 0 bridgehead atoms. The average molecular weight is 321 g/mol. The van der Waals surface area contributed by atoms with Crippen molar-refractivity contribution in [2.24, 2.45) is 0 Å². The van der Waals surface area contributed by atoms with Crippen molar-refractivity contribution in [1.82, 2.24) is 4.98 Å². The lowest BCUT2D eigenvalue weighted by molar-refractivity contribution is 0.102. The third-order valence-electron chi connectivity index (χ3n) is 3.46. The molecule has 0 aliphatic rings. The average Bonchev–Trinajstić information content (AvgIpc) is 2.59. The van der Waals surface area contributed by atoms with E-state index >= 15 is 0 Å². The molecule has 2 aromatic carbocycles. The zero-order chi connectivity index (χ0) is 16.9. The first-order valence-corrected chi connectivity index (χ1v) is 7.46. The number of carbonyl (C=O) groups is 1. The van der Waals surface area contributed by atoms with Gasteiger partial charge in [-0.3, -0.25) is 9.78 Å². The molecule has 0 unspecified atom stereocenters. The van der Waals surface area contributed by atoms with Crippen LogP contribution in [0.2, 0.25) is 0 Å². The van der Waals surface area contributed by atoms with Gasteiger partial charge >= 0.3 is 0 Å². The van der Waals surface area contributed by atoms with Crippen LogP contribution >= 0.6 is 0 Å². The molecule has 1 aromatic heterocycles. The second kappa shape index (κ2) is 6.91. The van der Waals surface area contributed by atoms with Crippen LogP contribution in [0.5, 0.6) is 0 Å². The van der Waals surface area contributed by atoms with Crippen molar-refractivity contribution in [3.05, 3.63) is 83.9 Å². The van der Waals surface area contributed by atoms with Gasteiger partial charge in [-0.25, -0.2) is 4.39 Å². The van der Waals surface area contributed by atoms with Gasteiger partial charge in [0, 0.05) is 11.9 Å². The van der Waals surface area contributed by atoms with Gasteiger partial charge in [-0.1, -0.05) is 29.8 Å². The van der Waals surface area contributed by atoms with E-state index in [1.54, 1.807) is 24.3 Å². The Bertz CT molecular complexity index is 862. The number of para-hydroxylation sites is 1. The third-order valence-corrected chi connectivity index (χ3v) is 3.46. The number of hydrogen-bond donors (Lipinski definition) is 2. The van der Waals surface area contributed by atoms with Crippen molar-refractivity contribution in [2.45, 2.75) is 6.92 Å². The number of anilines is 3. The maximum Gasteiger partial charge on any atom is 0.257 e. The van der Waals surface area contributed by atoms with E-state index in [-0.39, 0.29) is 11.7 Å². The summed E-state index contributed by atoms with van der Waals surface area (Å²) in [5.41, 5.74) is 3.08. The molecule has 0 aliphatic heterocycles. The van der Waals surface area contributed by atoms with Gasteiger partial charge in [0.2, 0.25) is 0 Å². The molecule has 0 atom stereocenters. The molecule has 0 aliphatic carbocycles. The number of aromatic nitrogens is 1. The number of aryl methyl sites for hydroxylation is 1. The van der Waals surface area contributed by atoms with Crippen LogP contribution in [0.15, 0.2) is 67.0 Å². The molecule has 0 fully saturated rings. The molecule has 3 rings (SSSR count). The lowest BCUT2D eigenvalue weighted by atomic mass is 10.2. The first-order valence-electron chi connectivity index (χ1n) is 7.46. The Hall–Kier alpha value is -3.21. The highest BCUT2D eigenvalue weighted by Crippen LogP contribution is 2.20. The van der Waals surface area contributed by atoms with Crippen LogP contribution in [0.25, 0.3) is 0 Å². The first kappa shape index (κ1) is 15.7. The lowest BCUT2D eigenvalue weighted by Gasteiger charge is -2.09. The molecule has 1 heterocycles. The van der Waals surface area contributed by atoms with E-state index in [1.807, 2.05) is 31.2 Å². The third kappa shape index (κ3) is 3.76. The Labute approximate surface area is 139 Å². The van der Waals surface area contributed by atoms with E-state index in [2.05, 4.69) is 15.6 Å². The number of nitrogens with zero attached hydrogens (tertiary/aromatic N) is 1. The van der Waals surface area contributed by atoms with Gasteiger partial charge in [-0.05, 0) is 37.3 Å². The quantitative estimate of drug-likeness (QED) is 0.742. The van der Waals surface area contributed by atoms with E-state index in [4.69, 9.17) is 0 Å². The highest BCUT2D eigenvalue weighted by molar-refractivity contribution is 6.04. The van der Waals surface area contributed by atoms with Gasteiger partial charge in [-0.2, -0.15) is 0 Å². The first-order chi connectivity index (χ1) is 11.6. The van der Waals surface area contributed by atoms with Crippen molar-refractivity contribution < 1.29 is 9.18 Å². The van der Waals surface area contributed by atoms with Crippen molar-refractivity contribution in [2.75, 3.05) is 10.6 Å². The minimum atomic E-state index is -0.369. The van der Waals surface area contributed by atoms with Crippen LogP contribution in [0.4, 0.5) is 21.5 Å². The molecule has 0 radical (unpaired) electrons. The molecule has 3 aromatic rings. The van der Waals surface area contributed by atoms with Gasteiger partial charge in [0.1, 0.15) is 5.82 Å². The van der Waals surface area contributed by atoms with E-state index in [0.717, 1.165) is 5.56 Å². The van der Waals surface area contributed by atoms with Gasteiger partial charge in [-0.15, -0.1) is 0 Å². The molecule has 24 heavy (non-hydrogen) atoms. The van der Waals surface area contributed by atoms with Gasteiger partial charge in [0.25, 0.3) is 5.91 Å². The van der Waals surface area contributed by atoms with E-state index < -0.39 is 0 Å². The molecule has 0 saturated carbocycles. The largest absolute Gasteiger partial charge is 0.352 e. The molecular weight excluding hydrogens is 305 g/mol. The number of hydrogen-bond acceptors (Lipinski definition) is 3. The van der Waals surface area contributed by atoms with Crippen LogP contribution in [-0.4, -0.2) is 10.9 Å². The van der Waals surface area contributed by atoms with E-state index in [0.29, 0.717) is 22.6 Å². The van der Waals surface area contributed by atoms with Gasteiger partial charge in [0.05, 0.1) is 23.1 Å². The van der Waals surface area contributed by atoms with E-state index in [1.165, 1.54) is 18.5 Å². The highest BCUT2D eigenvalue weighted by Gasteiger charge is 2.08. The molecule has 4 nitrogen and oxygen atoms in total. The molecule has 1 amide bonds. The lowest BCUT2D eigenvalue weighted by Crippen LogP contribution is -2.12. The smallest absolute Gasteiger partial charge is 0.257 e. The summed E-state index contributed by atoms with van der Waals surface area (Å²) in [6.07, 6.45) is 3.01. The van der Waals surface area contributed by atoms with Crippen LogP contribution in [0.1, 0.15) is 15.9 Å². The fraction of sp³-hybridized carbons (Fsp3) is 0.0526. The van der Waals surface area contributed by atoms with Crippen molar-refractivity contribution in [3.8, 4) is 0 Å². The van der Waals surface area contributed by atoms with Crippen molar-refractivity contribution >= 4 is 23.0 Å². The second-order valence-corrected chi connectivity index (χ2v) is 5.39. The molecule has 5 heteroatoms. The van der Waals surface area contributed by atoms with Crippen LogP contribution < -0.4 is 10.6 Å². The monoisotopic (exact) mass is 321 g/mol. The van der Waals surface area contributed by atoms with Crippen molar-refractivity contribution in [1.29, 1.82) is 0 Å². The SMILES string of the molecule is Cc1ccc(NC(=O)c2cncc(Nc3ccccc3F)c2)cc1. The standard InChI is InChI=1S/C19H16FN3O/c1-13-6-8-15(9-7-13)23-19(24)14-10-16(12-21-11-14)22-18-5-3-2-4-17(18)20/h2-12,22H,1H3,(H,23,24). The van der Waals surface area contributed by atoms with Crippen molar-refractivity contribution in [3.63, 3.8) is 0 Å². The van der Waals surface area contributed by atoms with Gasteiger partial charge < -0.3 is 10.6 Å². The number of benzene rings is 2. The summed E-state index contributed by atoms with van der Waals surface area (Å²) in [4.78, 5) is 16.4. The van der Waals surface area contributed by atoms with Crippen LogP contribution in [0, 0.1) is 12.7 Å². The van der Waals surface area contributed by atoms with Crippen LogP contribution in [-0.2, 0) is 0 Å². The molecule has 120 valence electrons. The Morgan fingerprint density at radius 3 is 2.50 bits per heavy atom. The highest BCUT2D eigenvalue weighted by atomic mass is 19.1. The summed E-state index contributed by atoms with van der Waals surface area (Å²) in [5, 5.41) is 5.73. The minimum absolute atomic E-state index is 0.275. The molecule has 0 saturated heterocycles. The second-order valence-electron chi connectivity index (χ2n) is 5.39. The zero-order valence-electron chi connectivity index (χ0n) is 13.1. The van der Waals surface area contributed by atoms with E-state index in [9.17, 15) is 9.18 Å². The maximum atomic E-state index is 13.7. The summed E-state index contributed by atoms with van der Waals surface area (Å²) in [6, 6.07) is 15.5. The summed E-state index contributed by atoms with van der Waals surface area (Å²) < 4.78 is 13.7. The number of amides is 1. The molecular formula is C19H16FN3O. The number of halogens is 1. The predicted molar refractivity (Wildman–Crippen MR) is 93.1 cm³/mol. The number of rotatable bonds is 4. The topological polar surface area (TPSA) is 54.0 Å². The summed E-state index contributed by atoms with van der Waals surface area (Å²) in [6.45, 7) is 1.98. The predicted octanol–water partition coefficient (Wildman–Crippen LogP) is 4.53. The summed E-state index contributed by atoms with van der Waals surface area (Å²) >= 11 is 0. The number of carbonyl (C=O) groups excluding carboxylic acids is 1. The fourth-order valence-electron chi connectivity index (χ4n) is 2.19. The number of pyridine rings is 1. The zero-order valence-corrected chi connectivity index (χ0v) is 13.1. The Morgan fingerprint density at radius 1 is 1.00 bits per heavy atom. The van der Waals surface area contributed by atoms with Gasteiger partial charge in [0.15, 0.2) is 0 Å². The minimum Gasteiger partial charge on any atom is -0.352 e. The molecule has 2 N–H and O–H groups in total. The maximum absolute atomic E-state index is 13.7. The number of nitrogens with one attached hydrogen (secondary N) is 2. The van der Waals surface area contributed by atoms with Crippen LogP contribution in [0.3, 0.4) is 0 Å². The normalized spacial score (nSPS) is 10.2. The Balaban J connectivity index is 1.76. The summed E-state index contributed by atoms with van der Waals surface area (Å²) in [5.74, 6) is -0.643. The summed E-state index contributed by atoms with van der Waals surface area (Å²) in [7, 11) is 0. The molecule has 0 spiro atoms. The fourth-order valence-corrected chi connectivity index (χ4v) is 2.19. The Morgan fingerprint density at radius 2 is 1.75 bits per heavy atom. The Kier molecular flexibility index (Phi) is 4.52.